The summed E-state index contributed by atoms with van der Waals surface area (Å²) in [5.74, 6) is 2.53. The minimum absolute atomic E-state index is 0.143. The smallest absolute Gasteiger partial charge is 0.255 e. The van der Waals surface area contributed by atoms with Crippen LogP contribution >= 0.6 is 11.6 Å². The lowest BCUT2D eigenvalue weighted by atomic mass is 9.75. The number of methoxy groups -OCH3 is 1. The summed E-state index contributed by atoms with van der Waals surface area (Å²) in [6, 6.07) is 3.85. The van der Waals surface area contributed by atoms with Gasteiger partial charge in [0.1, 0.15) is 5.75 Å². The van der Waals surface area contributed by atoms with Crippen molar-refractivity contribution in [1.29, 1.82) is 0 Å². The van der Waals surface area contributed by atoms with Gasteiger partial charge in [-0.1, -0.05) is 11.6 Å². The highest BCUT2D eigenvalue weighted by molar-refractivity contribution is 6.33. The zero-order valence-corrected chi connectivity index (χ0v) is 14.0. The normalized spacial score (nSPS) is 33.9. The van der Waals surface area contributed by atoms with E-state index in [-0.39, 0.29) is 5.91 Å². The minimum atomic E-state index is -0.143. The van der Waals surface area contributed by atoms with Crippen molar-refractivity contribution in [2.24, 2.45) is 17.8 Å². The van der Waals surface area contributed by atoms with Gasteiger partial charge in [-0.25, -0.2) is 0 Å². The molecule has 0 radical (unpaired) electrons. The first-order valence-corrected chi connectivity index (χ1v) is 8.60. The fourth-order valence-corrected chi connectivity index (χ4v) is 4.97. The van der Waals surface area contributed by atoms with Gasteiger partial charge in [0, 0.05) is 31.7 Å². The summed E-state index contributed by atoms with van der Waals surface area (Å²) in [5.41, 5.74) is 6.63. The molecule has 5 nitrogen and oxygen atoms in total. The van der Waals surface area contributed by atoms with E-state index in [0.717, 1.165) is 18.4 Å². The number of rotatable bonds is 4. The van der Waals surface area contributed by atoms with Gasteiger partial charge in [0.25, 0.3) is 5.91 Å². The second kappa shape index (κ2) is 5.56. The van der Waals surface area contributed by atoms with Crippen molar-refractivity contribution in [3.05, 3.63) is 22.7 Å². The van der Waals surface area contributed by atoms with Gasteiger partial charge in [-0.3, -0.25) is 9.69 Å². The van der Waals surface area contributed by atoms with Crippen molar-refractivity contribution in [2.45, 2.75) is 18.9 Å². The third-order valence-corrected chi connectivity index (χ3v) is 6.13. The van der Waals surface area contributed by atoms with E-state index in [1.807, 2.05) is 0 Å². The van der Waals surface area contributed by atoms with Crippen LogP contribution in [-0.4, -0.2) is 43.6 Å². The molecule has 1 saturated carbocycles. The Hall–Kier alpha value is -1.46. The zero-order valence-electron chi connectivity index (χ0n) is 13.2. The first-order valence-electron chi connectivity index (χ1n) is 8.22. The number of nitrogens with zero attached hydrogens (tertiary/aromatic N) is 1. The molecule has 3 aliphatic heterocycles. The fourth-order valence-electron chi connectivity index (χ4n) is 4.81. The number of piperidine rings is 1. The highest BCUT2D eigenvalue weighted by atomic mass is 35.5. The van der Waals surface area contributed by atoms with Gasteiger partial charge in [0.15, 0.2) is 0 Å². The van der Waals surface area contributed by atoms with Crippen LogP contribution in [0.15, 0.2) is 12.1 Å². The zero-order chi connectivity index (χ0) is 16.1. The lowest BCUT2D eigenvalue weighted by molar-refractivity contribution is 0.0934. The van der Waals surface area contributed by atoms with Crippen LogP contribution in [0, 0.1) is 17.8 Å². The molecule has 4 fully saturated rings. The lowest BCUT2D eigenvalue weighted by Gasteiger charge is -2.30. The molecular formula is C17H22ClN3O2. The minimum Gasteiger partial charge on any atom is -0.496 e. The average molecular weight is 336 g/mol. The highest BCUT2D eigenvalue weighted by Crippen LogP contribution is 2.48. The second-order valence-electron chi connectivity index (χ2n) is 7.07. The van der Waals surface area contributed by atoms with Crippen molar-refractivity contribution in [1.82, 2.24) is 10.2 Å². The Labute approximate surface area is 141 Å². The number of nitrogens with two attached hydrogens (primary N) is 1. The summed E-state index contributed by atoms with van der Waals surface area (Å²) in [7, 11) is 1.53. The van der Waals surface area contributed by atoms with E-state index in [4.69, 9.17) is 22.1 Å². The molecule has 23 heavy (non-hydrogen) atoms. The van der Waals surface area contributed by atoms with Crippen molar-refractivity contribution < 1.29 is 9.53 Å². The first-order chi connectivity index (χ1) is 11.1. The summed E-state index contributed by atoms with van der Waals surface area (Å²) in [6.07, 6.45) is 2.62. The molecule has 5 atom stereocenters. The van der Waals surface area contributed by atoms with Crippen LogP contribution in [0.4, 0.5) is 5.69 Å². The number of halogens is 1. The summed E-state index contributed by atoms with van der Waals surface area (Å²) in [4.78, 5) is 15.2. The van der Waals surface area contributed by atoms with Crippen molar-refractivity contribution in [3.8, 4) is 5.75 Å². The van der Waals surface area contributed by atoms with Gasteiger partial charge >= 0.3 is 0 Å². The molecule has 124 valence electrons. The van der Waals surface area contributed by atoms with Gasteiger partial charge in [-0.15, -0.1) is 0 Å². The molecule has 1 amide bonds. The number of nitrogens with one attached hydrogen (secondary N) is 1. The second-order valence-corrected chi connectivity index (χ2v) is 7.47. The van der Waals surface area contributed by atoms with E-state index >= 15 is 0 Å². The molecule has 5 rings (SSSR count). The lowest BCUT2D eigenvalue weighted by Crippen LogP contribution is -2.38. The Bertz CT molecular complexity index is 647. The van der Waals surface area contributed by atoms with Gasteiger partial charge in [-0.05, 0) is 36.7 Å². The molecular weight excluding hydrogens is 314 g/mol. The van der Waals surface area contributed by atoms with Crippen LogP contribution < -0.4 is 15.8 Å². The third kappa shape index (κ3) is 2.46. The van der Waals surface area contributed by atoms with Crippen LogP contribution in [0.3, 0.4) is 0 Å². The molecule has 3 heterocycles. The Kier molecular flexibility index (Phi) is 3.65. The van der Waals surface area contributed by atoms with E-state index in [2.05, 4.69) is 10.2 Å². The monoisotopic (exact) mass is 335 g/mol. The number of nitrogen functional groups attached to an aromatic ring is 1. The SMILES string of the molecule is COc1cc(N)c(Cl)cc1C(=O)NC[C@@H]1C2CC3C[C@H]1N(C3)C2. The Balaban J connectivity index is 1.46. The number of hydrogen-bond donors (Lipinski definition) is 2. The maximum Gasteiger partial charge on any atom is 0.255 e. The van der Waals surface area contributed by atoms with Crippen LogP contribution in [-0.2, 0) is 0 Å². The van der Waals surface area contributed by atoms with Gasteiger partial charge in [-0.2, -0.15) is 0 Å². The maximum absolute atomic E-state index is 12.6. The molecule has 6 heteroatoms. The average Bonchev–Trinajstić information content (AvgIpc) is 2.95. The van der Waals surface area contributed by atoms with Crippen LogP contribution in [0.25, 0.3) is 0 Å². The predicted octanol–water partition coefficient (Wildman–Crippen LogP) is 2.00. The molecule has 3 N–H and O–H groups in total. The van der Waals surface area contributed by atoms with E-state index in [9.17, 15) is 4.79 Å². The standard InChI is InChI=1S/C17H22ClN3O2/c1-23-16-5-14(19)13(18)4-11(16)17(22)20-6-12-10-2-9-3-15(12)21(7-9)8-10/h4-5,9-10,12,15H,2-3,6-8,19H2,1H3,(H,20,22)/t9?,10?,12-,15-/m1/s1. The molecule has 3 saturated heterocycles. The predicted molar refractivity (Wildman–Crippen MR) is 89.8 cm³/mol. The summed E-state index contributed by atoms with van der Waals surface area (Å²) in [5, 5.41) is 3.46. The molecule has 1 aromatic carbocycles. The summed E-state index contributed by atoms with van der Waals surface area (Å²) in [6.45, 7) is 3.19. The van der Waals surface area contributed by atoms with Crippen LogP contribution in [0.2, 0.25) is 5.02 Å². The summed E-state index contributed by atoms with van der Waals surface area (Å²) < 4.78 is 5.26. The van der Waals surface area contributed by atoms with Gasteiger partial charge in [0.2, 0.25) is 0 Å². The van der Waals surface area contributed by atoms with E-state index < -0.39 is 0 Å². The maximum atomic E-state index is 12.6. The highest BCUT2D eigenvalue weighted by Gasteiger charge is 2.52. The molecule has 3 unspecified atom stereocenters. The number of anilines is 1. The molecule has 0 spiro atoms. The number of hydrogen-bond acceptors (Lipinski definition) is 4. The van der Waals surface area contributed by atoms with Crippen molar-refractivity contribution in [3.63, 3.8) is 0 Å². The summed E-state index contributed by atoms with van der Waals surface area (Å²) >= 11 is 6.05. The van der Waals surface area contributed by atoms with Gasteiger partial charge < -0.3 is 15.8 Å². The Morgan fingerprint density at radius 2 is 2.26 bits per heavy atom. The van der Waals surface area contributed by atoms with E-state index in [0.29, 0.717) is 34.0 Å². The first kappa shape index (κ1) is 15.1. The Morgan fingerprint density at radius 1 is 1.43 bits per heavy atom. The molecule has 4 bridgehead atoms. The van der Waals surface area contributed by atoms with E-state index in [1.165, 1.54) is 33.0 Å². The molecule has 1 aromatic rings. The van der Waals surface area contributed by atoms with E-state index in [1.54, 1.807) is 12.1 Å². The third-order valence-electron chi connectivity index (χ3n) is 5.80. The number of amides is 1. The fraction of sp³-hybridized carbons (Fsp3) is 0.588. The van der Waals surface area contributed by atoms with Crippen LogP contribution in [0.5, 0.6) is 5.75 Å². The number of benzene rings is 1. The number of carbonyl (C=O) groups is 1. The van der Waals surface area contributed by atoms with Crippen LogP contribution in [0.1, 0.15) is 23.2 Å². The topological polar surface area (TPSA) is 67.6 Å². The largest absolute Gasteiger partial charge is 0.496 e. The van der Waals surface area contributed by atoms with Crippen molar-refractivity contribution >= 4 is 23.2 Å². The number of carbonyl (C=O) groups excluding carboxylic acids is 1. The Morgan fingerprint density at radius 3 is 3.00 bits per heavy atom. The molecule has 1 aliphatic carbocycles. The van der Waals surface area contributed by atoms with Gasteiger partial charge in [0.05, 0.1) is 23.4 Å². The number of ether oxygens (including phenoxy) is 1. The molecule has 0 aromatic heterocycles. The van der Waals surface area contributed by atoms with Crippen molar-refractivity contribution in [2.75, 3.05) is 32.5 Å². The molecule has 4 aliphatic rings. The quantitative estimate of drug-likeness (QED) is 0.826.